The monoisotopic (exact) mass is 660 g/mol. The molecule has 0 bridgehead atoms. The average Bonchev–Trinajstić information content (AvgIpc) is 3.02. The number of nitrogens with one attached hydrogen (secondary N) is 2. The maximum absolute atomic E-state index is 13.9. The fraction of sp³-hybridized carbons (Fsp3) is 0.394. The van der Waals surface area contributed by atoms with E-state index >= 15 is 0 Å². The number of amides is 2. The number of alkyl carbamates (subject to hydrolysis) is 1. The van der Waals surface area contributed by atoms with E-state index < -0.39 is 52.3 Å². The average molecular weight is 661 g/mol. The second-order valence-corrected chi connectivity index (χ2v) is 13.2. The zero-order chi connectivity index (χ0) is 33.9. The summed E-state index contributed by atoms with van der Waals surface area (Å²) in [6.07, 6.45) is 0.518. The topological polar surface area (TPSA) is 151 Å². The van der Waals surface area contributed by atoms with Crippen molar-refractivity contribution in [2.24, 2.45) is 5.92 Å². The van der Waals surface area contributed by atoms with Crippen molar-refractivity contribution >= 4 is 27.7 Å². The number of hydrogen-bond acceptors (Lipinski definition) is 7. The van der Waals surface area contributed by atoms with E-state index in [1.165, 1.54) is 23.5 Å². The van der Waals surface area contributed by atoms with Crippen LogP contribution < -0.4 is 16.4 Å². The molecule has 3 aromatic rings. The highest BCUT2D eigenvalue weighted by Gasteiger charge is 2.32. The Kier molecular flexibility index (Phi) is 13.5. The Labute approximate surface area is 269 Å². The molecule has 3 aromatic carbocycles. The van der Waals surface area contributed by atoms with E-state index in [1.807, 2.05) is 19.9 Å². The summed E-state index contributed by atoms with van der Waals surface area (Å²) in [6.45, 7) is 3.60. The first-order valence-electron chi connectivity index (χ1n) is 15.0. The number of nitrogen functional groups attached to an aromatic ring is 1. The number of carbonyl (C=O) groups excluding carboxylic acids is 2. The van der Waals surface area contributed by atoms with Gasteiger partial charge in [-0.1, -0.05) is 56.7 Å². The van der Waals surface area contributed by atoms with Gasteiger partial charge in [-0.15, -0.1) is 0 Å². The van der Waals surface area contributed by atoms with E-state index in [1.54, 1.807) is 30.3 Å². The van der Waals surface area contributed by atoms with Crippen molar-refractivity contribution in [1.82, 2.24) is 14.9 Å². The lowest BCUT2D eigenvalue weighted by molar-refractivity contribution is -0.123. The molecule has 0 aliphatic rings. The number of nitrogens with two attached hydrogens (primary N) is 1. The van der Waals surface area contributed by atoms with Crippen molar-refractivity contribution in [3.05, 3.63) is 83.9 Å². The van der Waals surface area contributed by atoms with Gasteiger partial charge >= 0.3 is 6.09 Å². The molecule has 2 amide bonds. The zero-order valence-electron chi connectivity index (χ0n) is 26.2. The summed E-state index contributed by atoms with van der Waals surface area (Å²) in [6, 6.07) is 14.7. The Morgan fingerprint density at radius 1 is 1.02 bits per heavy atom. The minimum atomic E-state index is -4.10. The number of sulfonamides is 1. The third kappa shape index (κ3) is 9.96. The Hall–Kier alpha value is -4.07. The third-order valence-corrected chi connectivity index (χ3v) is 9.29. The molecule has 0 spiro atoms. The fourth-order valence-electron chi connectivity index (χ4n) is 5.05. The number of anilines is 1. The number of unbranched alkanes of at least 4 members (excludes halogenated alkanes) is 1. The van der Waals surface area contributed by atoms with E-state index in [0.717, 1.165) is 18.2 Å². The van der Waals surface area contributed by atoms with Crippen LogP contribution in [0.4, 0.5) is 19.3 Å². The summed E-state index contributed by atoms with van der Waals surface area (Å²) >= 11 is 0. The molecule has 0 aliphatic heterocycles. The van der Waals surface area contributed by atoms with Gasteiger partial charge in [0.05, 0.1) is 24.3 Å². The van der Waals surface area contributed by atoms with Crippen LogP contribution in [0, 0.1) is 17.6 Å². The van der Waals surface area contributed by atoms with Crippen LogP contribution in [0.3, 0.4) is 0 Å². The van der Waals surface area contributed by atoms with E-state index in [2.05, 4.69) is 10.6 Å². The van der Waals surface area contributed by atoms with Crippen LogP contribution in [0.2, 0.25) is 0 Å². The second kappa shape index (κ2) is 17.0. The van der Waals surface area contributed by atoms with Crippen LogP contribution in [0.15, 0.2) is 71.6 Å². The summed E-state index contributed by atoms with van der Waals surface area (Å²) < 4.78 is 60.6. The summed E-state index contributed by atoms with van der Waals surface area (Å²) in [7, 11) is -2.91. The Balaban J connectivity index is 1.66. The van der Waals surface area contributed by atoms with Crippen molar-refractivity contribution in [2.75, 3.05) is 32.5 Å². The molecule has 0 radical (unpaired) electrons. The first-order valence-corrected chi connectivity index (χ1v) is 16.4. The molecular formula is C33H42F2N4O6S. The number of carbonyl (C=O) groups is 2. The SMILES string of the molecule is COC(=O)NC(Cc1ccccc1-c1cccc(F)c1)C(=O)NCCCCC(CO)N(CC(C)C)S(=O)(=O)c1ccc(F)c(N)c1. The first-order chi connectivity index (χ1) is 21.9. The summed E-state index contributed by atoms with van der Waals surface area (Å²) in [5, 5.41) is 15.5. The molecular weight excluding hydrogens is 618 g/mol. The van der Waals surface area contributed by atoms with Gasteiger partial charge in [-0.25, -0.2) is 22.0 Å². The minimum absolute atomic E-state index is 0.0637. The first kappa shape index (κ1) is 36.4. The summed E-state index contributed by atoms with van der Waals surface area (Å²) in [4.78, 5) is 25.1. The van der Waals surface area contributed by atoms with Crippen molar-refractivity contribution in [1.29, 1.82) is 0 Å². The molecule has 0 heterocycles. The number of halogens is 2. The van der Waals surface area contributed by atoms with Gasteiger partial charge in [0.2, 0.25) is 15.9 Å². The van der Waals surface area contributed by atoms with E-state index in [-0.39, 0.29) is 36.0 Å². The molecule has 13 heteroatoms. The highest BCUT2D eigenvalue weighted by atomic mass is 32.2. The smallest absolute Gasteiger partial charge is 0.407 e. The van der Waals surface area contributed by atoms with Crippen LogP contribution in [0.1, 0.15) is 38.7 Å². The van der Waals surface area contributed by atoms with Gasteiger partial charge in [0, 0.05) is 25.6 Å². The molecule has 5 N–H and O–H groups in total. The Bertz CT molecular complexity index is 1590. The molecule has 0 saturated carbocycles. The van der Waals surface area contributed by atoms with Crippen LogP contribution in [-0.4, -0.2) is 68.7 Å². The lowest BCUT2D eigenvalue weighted by atomic mass is 9.94. The quantitative estimate of drug-likeness (QED) is 0.131. The Morgan fingerprint density at radius 2 is 1.76 bits per heavy atom. The number of benzene rings is 3. The third-order valence-electron chi connectivity index (χ3n) is 7.37. The molecule has 0 aromatic heterocycles. The normalized spacial score (nSPS) is 13.0. The predicted molar refractivity (Wildman–Crippen MR) is 172 cm³/mol. The minimum Gasteiger partial charge on any atom is -0.453 e. The maximum atomic E-state index is 13.9. The number of nitrogens with zero attached hydrogens (tertiary/aromatic N) is 1. The van der Waals surface area contributed by atoms with Crippen molar-refractivity contribution in [3.63, 3.8) is 0 Å². The van der Waals surface area contributed by atoms with E-state index in [9.17, 15) is 31.9 Å². The van der Waals surface area contributed by atoms with Crippen molar-refractivity contribution in [3.8, 4) is 11.1 Å². The molecule has 250 valence electrons. The maximum Gasteiger partial charge on any atom is 0.407 e. The zero-order valence-corrected chi connectivity index (χ0v) is 27.0. The van der Waals surface area contributed by atoms with Gasteiger partial charge in [0.15, 0.2) is 0 Å². The molecule has 2 atom stereocenters. The lowest BCUT2D eigenvalue weighted by Crippen LogP contribution is -2.48. The number of methoxy groups -OCH3 is 1. The van der Waals surface area contributed by atoms with Crippen LogP contribution >= 0.6 is 0 Å². The van der Waals surface area contributed by atoms with Gasteiger partial charge in [0.1, 0.15) is 17.7 Å². The molecule has 0 fully saturated rings. The van der Waals surface area contributed by atoms with Gasteiger partial charge in [-0.05, 0) is 65.8 Å². The molecule has 0 aliphatic carbocycles. The number of rotatable bonds is 16. The van der Waals surface area contributed by atoms with Crippen LogP contribution in [0.25, 0.3) is 11.1 Å². The second-order valence-electron chi connectivity index (χ2n) is 11.3. The molecule has 10 nitrogen and oxygen atoms in total. The fourth-order valence-corrected chi connectivity index (χ4v) is 6.90. The number of aliphatic hydroxyl groups excluding tert-OH is 1. The van der Waals surface area contributed by atoms with Crippen molar-refractivity contribution < 1.29 is 36.6 Å². The number of aliphatic hydroxyl groups is 1. The lowest BCUT2D eigenvalue weighted by Gasteiger charge is -2.31. The van der Waals surface area contributed by atoms with Gasteiger partial charge in [-0.2, -0.15) is 4.31 Å². The van der Waals surface area contributed by atoms with Crippen LogP contribution in [-0.2, 0) is 26.0 Å². The van der Waals surface area contributed by atoms with Gasteiger partial charge < -0.3 is 26.2 Å². The van der Waals surface area contributed by atoms with Gasteiger partial charge in [-0.3, -0.25) is 4.79 Å². The Morgan fingerprint density at radius 3 is 2.41 bits per heavy atom. The standard InChI is InChI=1S/C33H42F2N4O6S/c1-22(2)20-39(46(43,44)27-14-15-29(35)30(36)19-27)26(21-40)12-6-7-16-37-32(41)31(38-33(42)45-3)18-24-9-4-5-13-28(24)23-10-8-11-25(34)17-23/h4-5,8-11,13-15,17,19,22,26,31,40H,6-7,12,16,18,20-21,36H2,1-3H3,(H,37,41)(H,38,42). The predicted octanol–water partition coefficient (Wildman–Crippen LogP) is 4.48. The van der Waals surface area contributed by atoms with E-state index in [0.29, 0.717) is 36.0 Å². The van der Waals surface area contributed by atoms with Gasteiger partial charge in [0.25, 0.3) is 0 Å². The molecule has 46 heavy (non-hydrogen) atoms. The van der Waals surface area contributed by atoms with E-state index in [4.69, 9.17) is 10.5 Å². The summed E-state index contributed by atoms with van der Waals surface area (Å²) in [5.41, 5.74) is 7.38. The van der Waals surface area contributed by atoms with Crippen molar-refractivity contribution in [2.45, 2.75) is 56.5 Å². The molecule has 0 saturated heterocycles. The number of ether oxygens (including phenoxy) is 1. The number of hydrogen-bond donors (Lipinski definition) is 4. The van der Waals surface area contributed by atoms with Crippen LogP contribution in [0.5, 0.6) is 0 Å². The summed E-state index contributed by atoms with van der Waals surface area (Å²) in [5.74, 6) is -1.65. The highest BCUT2D eigenvalue weighted by molar-refractivity contribution is 7.89. The molecule has 2 unspecified atom stereocenters. The highest BCUT2D eigenvalue weighted by Crippen LogP contribution is 2.27. The largest absolute Gasteiger partial charge is 0.453 e. The molecule has 3 rings (SSSR count).